The third-order valence-corrected chi connectivity index (χ3v) is 5.29. The lowest BCUT2D eigenvalue weighted by Gasteiger charge is -2.14. The number of nitrogens with zero attached hydrogens (tertiary/aromatic N) is 2. The quantitative estimate of drug-likeness (QED) is 0.667. The van der Waals surface area contributed by atoms with Crippen LogP contribution in [0.2, 0.25) is 0 Å². The van der Waals surface area contributed by atoms with Crippen LogP contribution < -0.4 is 10.1 Å². The first kappa shape index (κ1) is 19.5. The summed E-state index contributed by atoms with van der Waals surface area (Å²) in [6.07, 6.45) is 1.39. The second kappa shape index (κ2) is 8.66. The molecule has 2 aromatic carbocycles. The van der Waals surface area contributed by atoms with E-state index < -0.39 is 0 Å². The number of rotatable bonds is 7. The molecule has 6 heteroatoms. The molecule has 1 atom stereocenters. The van der Waals surface area contributed by atoms with Crippen LogP contribution in [0.25, 0.3) is 11.0 Å². The van der Waals surface area contributed by atoms with Gasteiger partial charge in [0.15, 0.2) is 0 Å². The molecule has 29 heavy (non-hydrogen) atoms. The topological polar surface area (TPSA) is 65.4 Å². The van der Waals surface area contributed by atoms with Gasteiger partial charge >= 0.3 is 0 Å². The lowest BCUT2D eigenvalue weighted by atomic mass is 10.1. The molecule has 1 aliphatic heterocycles. The van der Waals surface area contributed by atoms with Crippen LogP contribution in [0.15, 0.2) is 42.5 Å². The van der Waals surface area contributed by atoms with Gasteiger partial charge in [-0.1, -0.05) is 24.3 Å². The fourth-order valence-corrected chi connectivity index (χ4v) is 3.68. The Labute approximate surface area is 170 Å². The number of ether oxygens (including phenoxy) is 2. The first-order valence-corrected chi connectivity index (χ1v) is 10.2. The second-order valence-electron chi connectivity index (χ2n) is 7.51. The molecule has 1 aliphatic rings. The summed E-state index contributed by atoms with van der Waals surface area (Å²) in [5.41, 5.74) is 4.25. The molecule has 1 unspecified atom stereocenters. The van der Waals surface area contributed by atoms with E-state index in [0.717, 1.165) is 41.0 Å². The molecule has 0 radical (unpaired) electrons. The Kier molecular flexibility index (Phi) is 5.81. The van der Waals surface area contributed by atoms with Crippen molar-refractivity contribution in [3.8, 4) is 5.75 Å². The van der Waals surface area contributed by atoms with Gasteiger partial charge in [-0.25, -0.2) is 4.98 Å². The number of carbonyl (C=O) groups excluding carboxylic acids is 1. The predicted molar refractivity (Wildman–Crippen MR) is 112 cm³/mol. The highest BCUT2D eigenvalue weighted by Gasteiger charge is 2.23. The number of hydrogen-bond donors (Lipinski definition) is 1. The van der Waals surface area contributed by atoms with Crippen LogP contribution in [-0.2, 0) is 22.6 Å². The molecule has 1 aromatic heterocycles. The highest BCUT2D eigenvalue weighted by Crippen LogP contribution is 2.20. The summed E-state index contributed by atoms with van der Waals surface area (Å²) < 4.78 is 13.6. The molecular weight excluding hydrogens is 366 g/mol. The first-order chi connectivity index (χ1) is 14.1. The maximum absolute atomic E-state index is 12.3. The minimum atomic E-state index is -0.333. The van der Waals surface area contributed by atoms with Crippen LogP contribution in [0.3, 0.4) is 0 Å². The number of para-hydroxylation sites is 2. The number of carbonyl (C=O) groups is 1. The molecule has 1 saturated heterocycles. The zero-order chi connectivity index (χ0) is 20.2. The molecule has 1 fully saturated rings. The first-order valence-electron chi connectivity index (χ1n) is 10.2. The fourth-order valence-electron chi connectivity index (χ4n) is 3.68. The van der Waals surface area contributed by atoms with Crippen LogP contribution in [0.1, 0.15) is 29.8 Å². The van der Waals surface area contributed by atoms with Crippen molar-refractivity contribution >= 4 is 16.9 Å². The van der Waals surface area contributed by atoms with Gasteiger partial charge in [-0.05, 0) is 56.0 Å². The number of fused-ring (bicyclic) bond motifs is 1. The van der Waals surface area contributed by atoms with Crippen LogP contribution in [0.5, 0.6) is 5.75 Å². The molecule has 4 rings (SSSR count). The number of aryl methyl sites for hydroxylation is 2. The Bertz CT molecular complexity index is 1010. The minimum Gasteiger partial charge on any atom is -0.491 e. The highest BCUT2D eigenvalue weighted by atomic mass is 16.5. The monoisotopic (exact) mass is 393 g/mol. The zero-order valence-corrected chi connectivity index (χ0v) is 17.0. The third-order valence-electron chi connectivity index (χ3n) is 5.29. The normalized spacial score (nSPS) is 16.3. The number of aromatic nitrogens is 2. The molecule has 2 heterocycles. The minimum absolute atomic E-state index is 0.0623. The number of hydrogen-bond acceptors (Lipinski definition) is 4. The van der Waals surface area contributed by atoms with Crippen molar-refractivity contribution in [2.75, 3.05) is 13.2 Å². The van der Waals surface area contributed by atoms with Crippen molar-refractivity contribution in [1.29, 1.82) is 0 Å². The summed E-state index contributed by atoms with van der Waals surface area (Å²) in [7, 11) is 0. The molecule has 0 spiro atoms. The van der Waals surface area contributed by atoms with Gasteiger partial charge in [0.1, 0.15) is 24.3 Å². The summed E-state index contributed by atoms with van der Waals surface area (Å²) in [6, 6.07) is 14.2. The van der Waals surface area contributed by atoms with Gasteiger partial charge in [-0.2, -0.15) is 0 Å². The summed E-state index contributed by atoms with van der Waals surface area (Å²) in [4.78, 5) is 17.0. The van der Waals surface area contributed by atoms with Crippen LogP contribution in [-0.4, -0.2) is 34.8 Å². The average molecular weight is 393 g/mol. The third kappa shape index (κ3) is 4.43. The molecular formula is C23H27N3O3. The van der Waals surface area contributed by atoms with Crippen molar-refractivity contribution in [3.05, 3.63) is 59.4 Å². The van der Waals surface area contributed by atoms with E-state index in [1.807, 2.05) is 31.2 Å². The van der Waals surface area contributed by atoms with Crippen molar-refractivity contribution in [1.82, 2.24) is 14.9 Å². The van der Waals surface area contributed by atoms with E-state index in [2.05, 4.69) is 35.0 Å². The SMILES string of the molecule is Cc1ccc(C)c(OCCn2c(CNC(=O)C3CCCO3)nc3ccccc32)c1. The van der Waals surface area contributed by atoms with Gasteiger partial charge in [0, 0.05) is 6.61 Å². The van der Waals surface area contributed by atoms with Gasteiger partial charge in [0.25, 0.3) is 0 Å². The molecule has 6 nitrogen and oxygen atoms in total. The van der Waals surface area contributed by atoms with Gasteiger partial charge < -0.3 is 19.4 Å². The Morgan fingerprint density at radius 3 is 2.97 bits per heavy atom. The van der Waals surface area contributed by atoms with Crippen molar-refractivity contribution in [2.24, 2.45) is 0 Å². The maximum atomic E-state index is 12.3. The standard InChI is InChI=1S/C23H27N3O3/c1-16-9-10-17(2)21(14-16)29-13-11-26-19-7-4-3-6-18(19)25-22(26)15-24-23(27)20-8-5-12-28-20/h3-4,6-7,9-10,14,20H,5,8,11-13,15H2,1-2H3,(H,24,27). The van der Waals surface area contributed by atoms with Crippen LogP contribution >= 0.6 is 0 Å². The van der Waals surface area contributed by atoms with E-state index in [4.69, 9.17) is 14.5 Å². The van der Waals surface area contributed by atoms with Gasteiger partial charge in [-0.3, -0.25) is 4.79 Å². The van der Waals surface area contributed by atoms with Crippen molar-refractivity contribution < 1.29 is 14.3 Å². The Hall–Kier alpha value is -2.86. The summed E-state index contributed by atoms with van der Waals surface area (Å²) >= 11 is 0. The molecule has 0 aliphatic carbocycles. The van der Waals surface area contributed by atoms with E-state index in [0.29, 0.717) is 26.3 Å². The number of nitrogens with one attached hydrogen (secondary N) is 1. The number of imidazole rings is 1. The second-order valence-corrected chi connectivity index (χ2v) is 7.51. The Morgan fingerprint density at radius 2 is 2.14 bits per heavy atom. The average Bonchev–Trinajstić information content (AvgIpc) is 3.37. The number of amides is 1. The van der Waals surface area contributed by atoms with Crippen molar-refractivity contribution in [2.45, 2.75) is 45.9 Å². The van der Waals surface area contributed by atoms with E-state index in [-0.39, 0.29) is 12.0 Å². The lowest BCUT2D eigenvalue weighted by Crippen LogP contribution is -2.34. The molecule has 0 bridgehead atoms. The zero-order valence-electron chi connectivity index (χ0n) is 17.0. The molecule has 152 valence electrons. The molecule has 1 N–H and O–H groups in total. The van der Waals surface area contributed by atoms with E-state index in [1.165, 1.54) is 5.56 Å². The summed E-state index contributed by atoms with van der Waals surface area (Å²) in [6.45, 7) is 6.32. The van der Waals surface area contributed by atoms with E-state index >= 15 is 0 Å². The largest absolute Gasteiger partial charge is 0.491 e. The Balaban J connectivity index is 1.47. The van der Waals surface area contributed by atoms with Crippen LogP contribution in [0.4, 0.5) is 0 Å². The van der Waals surface area contributed by atoms with Gasteiger partial charge in [0.2, 0.25) is 5.91 Å². The lowest BCUT2D eigenvalue weighted by molar-refractivity contribution is -0.130. The van der Waals surface area contributed by atoms with E-state index in [1.54, 1.807) is 0 Å². The highest BCUT2D eigenvalue weighted by molar-refractivity contribution is 5.81. The Morgan fingerprint density at radius 1 is 1.28 bits per heavy atom. The maximum Gasteiger partial charge on any atom is 0.249 e. The summed E-state index contributed by atoms with van der Waals surface area (Å²) in [5.74, 6) is 1.66. The summed E-state index contributed by atoms with van der Waals surface area (Å²) in [5, 5.41) is 2.98. The van der Waals surface area contributed by atoms with Gasteiger partial charge in [-0.15, -0.1) is 0 Å². The smallest absolute Gasteiger partial charge is 0.249 e. The van der Waals surface area contributed by atoms with E-state index in [9.17, 15) is 4.79 Å². The predicted octanol–water partition coefficient (Wildman–Crippen LogP) is 3.53. The number of benzene rings is 2. The molecule has 3 aromatic rings. The fraction of sp³-hybridized carbons (Fsp3) is 0.391. The van der Waals surface area contributed by atoms with Gasteiger partial charge in [0.05, 0.1) is 24.1 Å². The van der Waals surface area contributed by atoms with Crippen LogP contribution in [0, 0.1) is 13.8 Å². The van der Waals surface area contributed by atoms with Crippen molar-refractivity contribution in [3.63, 3.8) is 0 Å². The molecule has 0 saturated carbocycles. The molecule has 1 amide bonds.